The zero-order valence-electron chi connectivity index (χ0n) is 13.1. The van der Waals surface area contributed by atoms with Crippen LogP contribution >= 0.6 is 0 Å². The molecule has 1 amide bonds. The van der Waals surface area contributed by atoms with Gasteiger partial charge in [-0.1, -0.05) is 24.3 Å². The summed E-state index contributed by atoms with van der Waals surface area (Å²) in [5.41, 5.74) is 8.48. The number of rotatable bonds is 3. The second kappa shape index (κ2) is 5.67. The molecule has 5 rings (SSSR count). The molecule has 0 unspecified atom stereocenters. The van der Waals surface area contributed by atoms with Crippen LogP contribution in [0.5, 0.6) is 0 Å². The van der Waals surface area contributed by atoms with E-state index in [1.54, 1.807) is 0 Å². The van der Waals surface area contributed by atoms with Gasteiger partial charge in [0.15, 0.2) is 0 Å². The first-order chi connectivity index (χ1) is 10.7. The molecule has 2 N–H and O–H groups in total. The summed E-state index contributed by atoms with van der Waals surface area (Å²) in [6.07, 6.45) is 4.89. The smallest absolute Gasteiger partial charge is 0.231 e. The molecule has 1 aromatic carbocycles. The third kappa shape index (κ3) is 2.66. The van der Waals surface area contributed by atoms with Crippen LogP contribution in [0.4, 0.5) is 0 Å². The third-order valence-electron chi connectivity index (χ3n) is 5.76. The minimum Gasteiger partial charge on any atom is -0.369 e. The molecule has 3 heterocycles. The molecule has 3 fully saturated rings. The Kier molecular flexibility index (Phi) is 3.66. The minimum absolute atomic E-state index is 0.188. The highest BCUT2D eigenvalue weighted by Gasteiger charge is 2.38. The number of benzene rings is 1. The van der Waals surface area contributed by atoms with E-state index in [9.17, 15) is 4.79 Å². The number of nitrogens with two attached hydrogens (primary N) is 1. The first kappa shape index (κ1) is 14.2. The summed E-state index contributed by atoms with van der Waals surface area (Å²) in [6, 6.07) is 10.0. The molecule has 0 spiro atoms. The number of hydrogen-bond donors (Lipinski definition) is 1. The van der Waals surface area contributed by atoms with E-state index in [2.05, 4.69) is 34.1 Å². The summed E-state index contributed by atoms with van der Waals surface area (Å²) in [7, 11) is 0. The lowest BCUT2D eigenvalue weighted by Crippen LogP contribution is -2.48. The van der Waals surface area contributed by atoms with Crippen molar-refractivity contribution >= 4 is 5.91 Å². The summed E-state index contributed by atoms with van der Waals surface area (Å²) in [5, 5.41) is 0. The molecular weight excluding hydrogens is 274 g/mol. The maximum Gasteiger partial charge on any atom is 0.231 e. The van der Waals surface area contributed by atoms with Gasteiger partial charge in [0.25, 0.3) is 0 Å². The minimum atomic E-state index is -0.188. The van der Waals surface area contributed by atoms with Gasteiger partial charge >= 0.3 is 0 Å². The van der Waals surface area contributed by atoms with E-state index in [1.807, 2.05) is 0 Å². The molecule has 4 heteroatoms. The molecule has 3 aliphatic heterocycles. The fourth-order valence-electron chi connectivity index (χ4n) is 4.70. The second-order valence-corrected chi connectivity index (χ2v) is 7.28. The van der Waals surface area contributed by atoms with Gasteiger partial charge in [0.1, 0.15) is 0 Å². The zero-order valence-corrected chi connectivity index (χ0v) is 13.1. The van der Waals surface area contributed by atoms with Crippen LogP contribution in [-0.2, 0) is 17.6 Å². The molecule has 2 bridgehead atoms. The van der Waals surface area contributed by atoms with Crippen molar-refractivity contribution < 1.29 is 4.79 Å². The van der Waals surface area contributed by atoms with Crippen molar-refractivity contribution in [2.24, 2.45) is 11.7 Å². The molecule has 3 saturated heterocycles. The zero-order chi connectivity index (χ0) is 15.1. The van der Waals surface area contributed by atoms with Crippen molar-refractivity contribution in [3.05, 3.63) is 35.4 Å². The number of carbonyl (C=O) groups is 1. The van der Waals surface area contributed by atoms with Gasteiger partial charge in [0.2, 0.25) is 5.91 Å². The van der Waals surface area contributed by atoms with E-state index < -0.39 is 0 Å². The molecule has 1 aliphatic carbocycles. The predicted molar refractivity (Wildman–Crippen MR) is 86.5 cm³/mol. The third-order valence-corrected chi connectivity index (χ3v) is 5.76. The van der Waals surface area contributed by atoms with E-state index in [4.69, 9.17) is 5.73 Å². The highest BCUT2D eigenvalue weighted by Crippen LogP contribution is 2.32. The highest BCUT2D eigenvalue weighted by atomic mass is 16.1. The van der Waals surface area contributed by atoms with Gasteiger partial charge in [-0.05, 0) is 42.7 Å². The number of nitrogens with zero attached hydrogens (tertiary/aromatic N) is 2. The fraction of sp³-hybridized carbons (Fsp3) is 0.611. The van der Waals surface area contributed by atoms with Gasteiger partial charge in [0, 0.05) is 31.7 Å². The Morgan fingerprint density at radius 2 is 1.77 bits per heavy atom. The number of piperidine rings is 1. The number of amides is 1. The maximum atomic E-state index is 11.3. The van der Waals surface area contributed by atoms with E-state index >= 15 is 0 Å². The highest BCUT2D eigenvalue weighted by molar-refractivity contribution is 5.76. The number of fused-ring (bicyclic) bond motifs is 5. The molecule has 2 atom stereocenters. The largest absolute Gasteiger partial charge is 0.369 e. The Hall–Kier alpha value is -1.39. The summed E-state index contributed by atoms with van der Waals surface area (Å²) >= 11 is 0. The summed E-state index contributed by atoms with van der Waals surface area (Å²) in [5.74, 6) is 0.509. The van der Waals surface area contributed by atoms with Crippen LogP contribution in [-0.4, -0.2) is 54.0 Å². The van der Waals surface area contributed by atoms with Crippen LogP contribution in [0.1, 0.15) is 24.0 Å². The van der Waals surface area contributed by atoms with E-state index in [0.29, 0.717) is 24.5 Å². The average Bonchev–Trinajstić information content (AvgIpc) is 2.72. The van der Waals surface area contributed by atoms with E-state index in [1.165, 1.54) is 43.4 Å². The molecule has 0 saturated carbocycles. The van der Waals surface area contributed by atoms with Gasteiger partial charge in [-0.15, -0.1) is 0 Å². The van der Waals surface area contributed by atoms with Crippen LogP contribution in [0, 0.1) is 5.92 Å². The van der Waals surface area contributed by atoms with Gasteiger partial charge in [-0.2, -0.15) is 0 Å². The van der Waals surface area contributed by atoms with Crippen LogP contribution < -0.4 is 5.73 Å². The topological polar surface area (TPSA) is 49.6 Å². The lowest BCUT2D eigenvalue weighted by molar-refractivity contribution is -0.120. The Labute approximate surface area is 132 Å². The van der Waals surface area contributed by atoms with Gasteiger partial charge in [-0.25, -0.2) is 0 Å². The molecule has 4 aliphatic rings. The summed E-state index contributed by atoms with van der Waals surface area (Å²) < 4.78 is 0. The Bertz CT molecular complexity index is 548. The van der Waals surface area contributed by atoms with Crippen molar-refractivity contribution in [1.82, 2.24) is 9.80 Å². The van der Waals surface area contributed by atoms with Crippen molar-refractivity contribution in [2.75, 3.05) is 26.2 Å². The summed E-state index contributed by atoms with van der Waals surface area (Å²) in [6.45, 7) is 3.76. The normalized spacial score (nSPS) is 29.5. The predicted octanol–water partition coefficient (Wildman–Crippen LogP) is 1.04. The number of primary amides is 1. The standard InChI is InChI=1S/C18H25N3O/c19-18(22)12-21-10-13-5-6-16(21)11-20(9-13)17-7-14-3-1-2-4-15(14)8-17/h1-4,13,16-17H,5-12H2,(H2,19,22)/t13-,16+/m0/s1. The van der Waals surface area contributed by atoms with Crippen molar-refractivity contribution in [3.8, 4) is 0 Å². The van der Waals surface area contributed by atoms with Crippen molar-refractivity contribution in [2.45, 2.75) is 37.8 Å². The van der Waals surface area contributed by atoms with Gasteiger partial charge in [-0.3, -0.25) is 14.6 Å². The summed E-state index contributed by atoms with van der Waals surface area (Å²) in [4.78, 5) is 16.3. The average molecular weight is 299 g/mol. The molecule has 22 heavy (non-hydrogen) atoms. The SMILES string of the molecule is NC(=O)CN1C[C@H]2CC[C@@H]1CN(C1Cc3ccccc3C1)C2. The number of carbonyl (C=O) groups excluding carboxylic acids is 1. The molecule has 0 aromatic heterocycles. The second-order valence-electron chi connectivity index (χ2n) is 7.28. The van der Waals surface area contributed by atoms with E-state index in [-0.39, 0.29) is 5.91 Å². The Morgan fingerprint density at radius 3 is 2.45 bits per heavy atom. The lowest BCUT2D eigenvalue weighted by atomic mass is 9.95. The Morgan fingerprint density at radius 1 is 1.05 bits per heavy atom. The molecule has 0 radical (unpaired) electrons. The quantitative estimate of drug-likeness (QED) is 0.907. The fourth-order valence-corrected chi connectivity index (χ4v) is 4.70. The first-order valence-corrected chi connectivity index (χ1v) is 8.52. The number of hydrogen-bond acceptors (Lipinski definition) is 3. The molecule has 4 nitrogen and oxygen atoms in total. The van der Waals surface area contributed by atoms with Gasteiger partial charge < -0.3 is 5.73 Å². The monoisotopic (exact) mass is 299 g/mol. The van der Waals surface area contributed by atoms with Gasteiger partial charge in [0.05, 0.1) is 6.54 Å². The molecule has 1 aromatic rings. The lowest BCUT2D eigenvalue weighted by Gasteiger charge is -2.35. The molecule has 118 valence electrons. The van der Waals surface area contributed by atoms with Crippen molar-refractivity contribution in [3.63, 3.8) is 0 Å². The van der Waals surface area contributed by atoms with Crippen LogP contribution in [0.3, 0.4) is 0 Å². The Balaban J connectivity index is 1.48. The van der Waals surface area contributed by atoms with Crippen molar-refractivity contribution in [1.29, 1.82) is 0 Å². The maximum absolute atomic E-state index is 11.3. The molecular formula is C18H25N3O. The van der Waals surface area contributed by atoms with Crippen LogP contribution in [0.15, 0.2) is 24.3 Å². The van der Waals surface area contributed by atoms with E-state index in [0.717, 1.165) is 13.1 Å². The first-order valence-electron chi connectivity index (χ1n) is 8.52. The van der Waals surface area contributed by atoms with Crippen LogP contribution in [0.25, 0.3) is 0 Å². The van der Waals surface area contributed by atoms with Crippen LogP contribution in [0.2, 0.25) is 0 Å².